The molecule has 0 bridgehead atoms. The molecule has 21 heavy (non-hydrogen) atoms. The maximum atomic E-state index is 10.1. The first kappa shape index (κ1) is 16.5. The standard InChI is InChI=1S/C15H22N2O2S2/c1-17(12-6-7-21-10-12)8-13(18)9-19-14-4-2-11(3-5-14)15(16)20/h2-5,12-13,18H,6-10H2,1H3,(H2,16,20). The van der Waals surface area contributed by atoms with Crippen molar-refractivity contribution in [2.75, 3.05) is 31.7 Å². The van der Waals surface area contributed by atoms with Crippen LogP contribution >= 0.6 is 24.0 Å². The SMILES string of the molecule is CN(CC(O)COc1ccc(C(N)=S)cc1)C1CCSC1. The smallest absolute Gasteiger partial charge is 0.119 e. The van der Waals surface area contributed by atoms with Crippen molar-refractivity contribution in [2.24, 2.45) is 5.73 Å². The highest BCUT2D eigenvalue weighted by Gasteiger charge is 2.21. The number of rotatable bonds is 7. The molecule has 2 atom stereocenters. The number of aliphatic hydroxyl groups is 1. The molecule has 0 aromatic heterocycles. The highest BCUT2D eigenvalue weighted by Crippen LogP contribution is 2.21. The molecule has 3 N–H and O–H groups in total. The lowest BCUT2D eigenvalue weighted by atomic mass is 10.2. The van der Waals surface area contributed by atoms with E-state index >= 15 is 0 Å². The third-order valence-corrected chi connectivity index (χ3v) is 4.99. The summed E-state index contributed by atoms with van der Waals surface area (Å²) in [6.07, 6.45) is 0.714. The molecule has 4 nitrogen and oxygen atoms in total. The molecule has 1 fully saturated rings. The van der Waals surface area contributed by atoms with Gasteiger partial charge in [-0.15, -0.1) is 0 Å². The summed E-state index contributed by atoms with van der Waals surface area (Å²) in [5.41, 5.74) is 6.36. The van der Waals surface area contributed by atoms with Crippen LogP contribution in [0.25, 0.3) is 0 Å². The lowest BCUT2D eigenvalue weighted by molar-refractivity contribution is 0.0664. The van der Waals surface area contributed by atoms with Crippen molar-refractivity contribution in [3.05, 3.63) is 29.8 Å². The van der Waals surface area contributed by atoms with Gasteiger partial charge in [-0.25, -0.2) is 0 Å². The zero-order chi connectivity index (χ0) is 15.2. The molecule has 6 heteroatoms. The van der Waals surface area contributed by atoms with Gasteiger partial charge in [-0.05, 0) is 43.5 Å². The molecule has 116 valence electrons. The molecule has 1 aliphatic rings. The Morgan fingerprint density at radius 1 is 1.52 bits per heavy atom. The second kappa shape index (κ2) is 7.98. The minimum atomic E-state index is -0.490. The average Bonchev–Trinajstić information content (AvgIpc) is 3.00. The van der Waals surface area contributed by atoms with Crippen LogP contribution in [0.4, 0.5) is 0 Å². The molecular formula is C15H22N2O2S2. The number of benzene rings is 1. The van der Waals surface area contributed by atoms with E-state index in [0.717, 1.165) is 11.3 Å². The average molecular weight is 326 g/mol. The highest BCUT2D eigenvalue weighted by atomic mass is 32.2. The van der Waals surface area contributed by atoms with E-state index in [1.165, 1.54) is 12.2 Å². The fourth-order valence-corrected chi connectivity index (χ4v) is 3.75. The van der Waals surface area contributed by atoms with Crippen molar-refractivity contribution >= 4 is 29.0 Å². The van der Waals surface area contributed by atoms with Gasteiger partial charge in [0.15, 0.2) is 0 Å². The Morgan fingerprint density at radius 2 is 2.24 bits per heavy atom. The van der Waals surface area contributed by atoms with Gasteiger partial charge < -0.3 is 15.6 Å². The number of nitrogens with zero attached hydrogens (tertiary/aromatic N) is 1. The van der Waals surface area contributed by atoms with E-state index in [1.54, 1.807) is 0 Å². The van der Waals surface area contributed by atoms with Crippen LogP contribution < -0.4 is 10.5 Å². The number of ether oxygens (including phenoxy) is 1. The van der Waals surface area contributed by atoms with Crippen molar-refractivity contribution in [3.8, 4) is 5.75 Å². The number of aliphatic hydroxyl groups excluding tert-OH is 1. The molecule has 0 saturated carbocycles. The van der Waals surface area contributed by atoms with Gasteiger partial charge in [-0.1, -0.05) is 12.2 Å². The molecular weight excluding hydrogens is 304 g/mol. The summed E-state index contributed by atoms with van der Waals surface area (Å²) < 4.78 is 5.60. The maximum Gasteiger partial charge on any atom is 0.119 e. The molecule has 0 amide bonds. The Labute approximate surface area is 135 Å². The van der Waals surface area contributed by atoms with Crippen molar-refractivity contribution < 1.29 is 9.84 Å². The van der Waals surface area contributed by atoms with Crippen molar-refractivity contribution in [1.82, 2.24) is 4.90 Å². The van der Waals surface area contributed by atoms with Crippen LogP contribution in [-0.4, -0.2) is 58.8 Å². The maximum absolute atomic E-state index is 10.1. The van der Waals surface area contributed by atoms with E-state index in [2.05, 4.69) is 11.9 Å². The molecule has 1 aromatic rings. The minimum absolute atomic E-state index is 0.288. The van der Waals surface area contributed by atoms with Crippen LogP contribution in [0.3, 0.4) is 0 Å². The fourth-order valence-electron chi connectivity index (χ4n) is 2.31. The van der Waals surface area contributed by atoms with Gasteiger partial charge >= 0.3 is 0 Å². The second-order valence-corrected chi connectivity index (χ2v) is 6.90. The lowest BCUT2D eigenvalue weighted by Gasteiger charge is -2.26. The Bertz CT molecular complexity index is 461. The summed E-state index contributed by atoms with van der Waals surface area (Å²) in [6, 6.07) is 7.86. The van der Waals surface area contributed by atoms with Crippen LogP contribution in [0.1, 0.15) is 12.0 Å². The second-order valence-electron chi connectivity index (χ2n) is 5.31. The van der Waals surface area contributed by atoms with Gasteiger partial charge in [-0.2, -0.15) is 11.8 Å². The van der Waals surface area contributed by atoms with Crippen LogP contribution in [0.2, 0.25) is 0 Å². The topological polar surface area (TPSA) is 58.7 Å². The number of thiocarbonyl (C=S) groups is 1. The molecule has 2 rings (SSSR count). The third kappa shape index (κ3) is 5.14. The van der Waals surface area contributed by atoms with E-state index in [1.807, 2.05) is 36.0 Å². The first-order valence-corrected chi connectivity index (χ1v) is 8.61. The van der Waals surface area contributed by atoms with E-state index in [0.29, 0.717) is 23.3 Å². The van der Waals surface area contributed by atoms with E-state index in [-0.39, 0.29) is 6.61 Å². The monoisotopic (exact) mass is 326 g/mol. The van der Waals surface area contributed by atoms with E-state index < -0.39 is 6.10 Å². The zero-order valence-electron chi connectivity index (χ0n) is 12.2. The number of nitrogens with two attached hydrogens (primary N) is 1. The van der Waals surface area contributed by atoms with Gasteiger partial charge in [-0.3, -0.25) is 4.90 Å². The molecule has 1 saturated heterocycles. The van der Waals surface area contributed by atoms with Gasteiger partial charge in [0.1, 0.15) is 23.4 Å². The van der Waals surface area contributed by atoms with Crippen LogP contribution in [-0.2, 0) is 0 Å². The molecule has 2 unspecified atom stereocenters. The fraction of sp³-hybridized carbons (Fsp3) is 0.533. The molecule has 1 aromatic carbocycles. The number of hydrogen-bond donors (Lipinski definition) is 2. The van der Waals surface area contributed by atoms with Crippen molar-refractivity contribution in [1.29, 1.82) is 0 Å². The Hall–Kier alpha value is -0.820. The summed E-state index contributed by atoms with van der Waals surface area (Å²) in [6.45, 7) is 0.923. The molecule has 0 aliphatic carbocycles. The largest absolute Gasteiger partial charge is 0.491 e. The van der Waals surface area contributed by atoms with Crippen molar-refractivity contribution in [2.45, 2.75) is 18.6 Å². The van der Waals surface area contributed by atoms with Crippen LogP contribution in [0.5, 0.6) is 5.75 Å². The summed E-state index contributed by atoms with van der Waals surface area (Å²) in [5.74, 6) is 3.09. The lowest BCUT2D eigenvalue weighted by Crippen LogP contribution is -2.39. The third-order valence-electron chi connectivity index (χ3n) is 3.61. The molecule has 0 radical (unpaired) electrons. The first-order chi connectivity index (χ1) is 10.1. The zero-order valence-corrected chi connectivity index (χ0v) is 13.8. The molecule has 1 heterocycles. The Kier molecular flexibility index (Phi) is 6.29. The van der Waals surface area contributed by atoms with Gasteiger partial charge in [0, 0.05) is 23.9 Å². The van der Waals surface area contributed by atoms with Crippen LogP contribution in [0, 0.1) is 0 Å². The number of likely N-dealkylation sites (N-methyl/N-ethyl adjacent to an activating group) is 1. The van der Waals surface area contributed by atoms with Crippen LogP contribution in [0.15, 0.2) is 24.3 Å². The minimum Gasteiger partial charge on any atom is -0.491 e. The molecule has 0 spiro atoms. The number of hydrogen-bond acceptors (Lipinski definition) is 5. The summed E-state index contributed by atoms with van der Waals surface area (Å²) in [4.78, 5) is 2.60. The Morgan fingerprint density at radius 3 is 2.81 bits per heavy atom. The molecule has 1 aliphatic heterocycles. The van der Waals surface area contributed by atoms with E-state index in [4.69, 9.17) is 22.7 Å². The van der Waals surface area contributed by atoms with Gasteiger partial charge in [0.05, 0.1) is 0 Å². The van der Waals surface area contributed by atoms with Crippen molar-refractivity contribution in [3.63, 3.8) is 0 Å². The Balaban J connectivity index is 1.75. The van der Waals surface area contributed by atoms with Gasteiger partial charge in [0.25, 0.3) is 0 Å². The normalized spacial score (nSPS) is 19.7. The quantitative estimate of drug-likeness (QED) is 0.741. The summed E-state index contributed by atoms with van der Waals surface area (Å²) in [5, 5.41) is 10.1. The first-order valence-electron chi connectivity index (χ1n) is 7.05. The highest BCUT2D eigenvalue weighted by molar-refractivity contribution is 7.99. The summed E-state index contributed by atoms with van der Waals surface area (Å²) in [7, 11) is 2.07. The predicted molar refractivity (Wildman–Crippen MR) is 92.2 cm³/mol. The van der Waals surface area contributed by atoms with Gasteiger partial charge in [0.2, 0.25) is 0 Å². The van der Waals surface area contributed by atoms with E-state index in [9.17, 15) is 5.11 Å². The predicted octanol–water partition coefficient (Wildman–Crippen LogP) is 1.50. The number of thioether (sulfide) groups is 1. The summed E-state index contributed by atoms with van der Waals surface area (Å²) >= 11 is 6.88.